The van der Waals surface area contributed by atoms with Gasteiger partial charge in [-0.15, -0.1) is 11.3 Å². The summed E-state index contributed by atoms with van der Waals surface area (Å²) in [5, 5.41) is 9.67. The van der Waals surface area contributed by atoms with Gasteiger partial charge in [0.1, 0.15) is 0 Å². The number of phenolic OH excluding ortho intramolecular Hbond substituents is 1. The van der Waals surface area contributed by atoms with E-state index in [0.717, 1.165) is 5.57 Å². The molecule has 0 aliphatic heterocycles. The smallest absolute Gasteiger partial charge is 0.184 e. The number of aromatic nitrogens is 1. The molecule has 2 rings (SSSR count). The maximum atomic E-state index is 13.4. The summed E-state index contributed by atoms with van der Waals surface area (Å²) in [6.45, 7) is 5.57. The molecule has 0 amide bonds. The second-order valence-corrected chi connectivity index (χ2v) is 5.22. The number of phenols is 1. The largest absolute Gasteiger partial charge is 0.505 e. The van der Waals surface area contributed by atoms with Gasteiger partial charge < -0.3 is 5.11 Å². The van der Waals surface area contributed by atoms with Gasteiger partial charge in [-0.3, -0.25) is 0 Å². The van der Waals surface area contributed by atoms with E-state index in [4.69, 9.17) is 11.6 Å². The average molecular weight is 258 g/mol. The molecule has 0 fully saturated rings. The zero-order valence-electron chi connectivity index (χ0n) is 8.55. The van der Waals surface area contributed by atoms with Crippen LogP contribution in [-0.4, -0.2) is 10.1 Å². The molecule has 1 aromatic heterocycles. The Hall–Kier alpha value is -1.13. The monoisotopic (exact) mass is 257 g/mol. The quantitative estimate of drug-likeness (QED) is 0.828. The molecule has 16 heavy (non-hydrogen) atoms. The van der Waals surface area contributed by atoms with E-state index < -0.39 is 5.82 Å². The molecular weight excluding hydrogens is 249 g/mol. The van der Waals surface area contributed by atoms with E-state index in [-0.39, 0.29) is 5.75 Å². The van der Waals surface area contributed by atoms with Crippen molar-refractivity contribution < 1.29 is 9.50 Å². The first-order valence-electron chi connectivity index (χ1n) is 4.60. The maximum absolute atomic E-state index is 13.4. The van der Waals surface area contributed by atoms with Crippen molar-refractivity contribution in [1.82, 2.24) is 4.98 Å². The number of hydrogen-bond donors (Lipinski definition) is 1. The molecule has 1 heterocycles. The first kappa shape index (κ1) is 11.4. The van der Waals surface area contributed by atoms with Gasteiger partial charge in [0.2, 0.25) is 0 Å². The van der Waals surface area contributed by atoms with Gasteiger partial charge >= 0.3 is 0 Å². The van der Waals surface area contributed by atoms with Gasteiger partial charge in [-0.25, -0.2) is 9.37 Å². The summed E-state index contributed by atoms with van der Waals surface area (Å²) in [7, 11) is 0. The van der Waals surface area contributed by atoms with Crippen molar-refractivity contribution in [3.8, 4) is 5.75 Å². The number of rotatable bonds is 2. The number of allylic oxidation sites excluding steroid dienone is 1. The van der Waals surface area contributed by atoms with Gasteiger partial charge in [0.05, 0.1) is 10.2 Å². The lowest BCUT2D eigenvalue weighted by molar-refractivity contribution is 0.428. The number of halogens is 2. The van der Waals surface area contributed by atoms with Gasteiger partial charge in [0.25, 0.3) is 0 Å². The highest BCUT2D eigenvalue weighted by molar-refractivity contribution is 7.22. The van der Waals surface area contributed by atoms with Crippen LogP contribution < -0.4 is 0 Å². The van der Waals surface area contributed by atoms with Crippen LogP contribution in [0.15, 0.2) is 18.2 Å². The molecule has 0 saturated heterocycles. The predicted octanol–water partition coefficient (Wildman–Crippen LogP) is 3.91. The Morgan fingerprint density at radius 2 is 2.38 bits per heavy atom. The molecule has 5 heteroatoms. The standard InChI is InChI=1S/C11H9ClFNOS/c1-5(2)3-6-9(15)7(13)4-8-10(6)16-11(12)14-8/h4,15H,1,3H2,2H3. The molecule has 0 saturated carbocycles. The summed E-state index contributed by atoms with van der Waals surface area (Å²) < 4.78 is 14.5. The SMILES string of the molecule is C=C(C)Cc1c(O)c(F)cc2nc(Cl)sc12. The average Bonchev–Trinajstić information content (AvgIpc) is 2.53. The van der Waals surface area contributed by atoms with Crippen LogP contribution in [0.1, 0.15) is 12.5 Å². The van der Waals surface area contributed by atoms with Crippen LogP contribution in [0.4, 0.5) is 4.39 Å². The van der Waals surface area contributed by atoms with Crippen molar-refractivity contribution in [2.75, 3.05) is 0 Å². The maximum Gasteiger partial charge on any atom is 0.184 e. The molecule has 0 aliphatic carbocycles. The number of fused-ring (bicyclic) bond motifs is 1. The molecule has 84 valence electrons. The molecule has 0 spiro atoms. The number of thiazole rings is 1. The number of benzene rings is 1. The van der Waals surface area contributed by atoms with E-state index >= 15 is 0 Å². The lowest BCUT2D eigenvalue weighted by Crippen LogP contribution is -1.90. The Bertz CT molecular complexity index is 579. The summed E-state index contributed by atoms with van der Waals surface area (Å²) in [5.41, 5.74) is 1.82. The van der Waals surface area contributed by atoms with Crippen LogP contribution >= 0.6 is 22.9 Å². The number of hydrogen-bond acceptors (Lipinski definition) is 3. The van der Waals surface area contributed by atoms with E-state index in [0.29, 0.717) is 26.7 Å². The summed E-state index contributed by atoms with van der Waals surface area (Å²) in [6, 6.07) is 1.19. The molecule has 0 unspecified atom stereocenters. The third-order valence-electron chi connectivity index (χ3n) is 2.16. The van der Waals surface area contributed by atoms with E-state index in [9.17, 15) is 9.50 Å². The molecule has 0 aliphatic rings. The van der Waals surface area contributed by atoms with Crippen molar-refractivity contribution in [1.29, 1.82) is 0 Å². The minimum absolute atomic E-state index is 0.336. The zero-order valence-corrected chi connectivity index (χ0v) is 10.1. The molecule has 2 aromatic rings. The Balaban J connectivity index is 2.75. The van der Waals surface area contributed by atoms with Crippen molar-refractivity contribution in [3.05, 3.63) is 34.1 Å². The van der Waals surface area contributed by atoms with Crippen LogP contribution in [0, 0.1) is 5.82 Å². The van der Waals surface area contributed by atoms with Gasteiger partial charge in [-0.1, -0.05) is 23.8 Å². The molecule has 1 aromatic carbocycles. The van der Waals surface area contributed by atoms with Crippen molar-refractivity contribution in [3.63, 3.8) is 0 Å². The molecular formula is C11H9ClFNOS. The second kappa shape index (κ2) is 4.03. The Labute approximate surface area is 101 Å². The fraction of sp³-hybridized carbons (Fsp3) is 0.182. The highest BCUT2D eigenvalue weighted by atomic mass is 35.5. The minimum Gasteiger partial charge on any atom is -0.505 e. The molecule has 0 atom stereocenters. The fourth-order valence-corrected chi connectivity index (χ4v) is 2.66. The van der Waals surface area contributed by atoms with Crippen molar-refractivity contribution in [2.24, 2.45) is 0 Å². The highest BCUT2D eigenvalue weighted by Crippen LogP contribution is 2.36. The van der Waals surface area contributed by atoms with E-state index in [1.165, 1.54) is 17.4 Å². The van der Waals surface area contributed by atoms with Crippen LogP contribution in [-0.2, 0) is 6.42 Å². The fourth-order valence-electron chi connectivity index (χ4n) is 1.52. The topological polar surface area (TPSA) is 33.1 Å². The Morgan fingerprint density at radius 1 is 1.69 bits per heavy atom. The Morgan fingerprint density at radius 3 is 3.00 bits per heavy atom. The zero-order chi connectivity index (χ0) is 11.9. The van der Waals surface area contributed by atoms with Gasteiger partial charge in [-0.2, -0.15) is 0 Å². The summed E-state index contributed by atoms with van der Waals surface area (Å²) >= 11 is 7.01. The highest BCUT2D eigenvalue weighted by Gasteiger charge is 2.16. The Kier molecular flexibility index (Phi) is 2.86. The van der Waals surface area contributed by atoms with Gasteiger partial charge in [0.15, 0.2) is 16.0 Å². The summed E-state index contributed by atoms with van der Waals surface area (Å²) in [4.78, 5) is 3.99. The summed E-state index contributed by atoms with van der Waals surface area (Å²) in [6.07, 6.45) is 0.415. The molecule has 2 nitrogen and oxygen atoms in total. The molecule has 1 N–H and O–H groups in total. The lowest BCUT2D eigenvalue weighted by atomic mass is 10.1. The van der Waals surface area contributed by atoms with Crippen LogP contribution in [0.25, 0.3) is 10.2 Å². The van der Waals surface area contributed by atoms with Gasteiger partial charge in [0, 0.05) is 11.6 Å². The predicted molar refractivity (Wildman–Crippen MR) is 64.8 cm³/mol. The van der Waals surface area contributed by atoms with Crippen LogP contribution in [0.2, 0.25) is 4.47 Å². The van der Waals surface area contributed by atoms with E-state index in [2.05, 4.69) is 11.6 Å². The third-order valence-corrected chi connectivity index (χ3v) is 3.39. The molecule has 0 radical (unpaired) electrons. The number of aromatic hydroxyl groups is 1. The number of nitrogens with zero attached hydrogens (tertiary/aromatic N) is 1. The minimum atomic E-state index is -0.675. The van der Waals surface area contributed by atoms with E-state index in [1.54, 1.807) is 0 Å². The summed E-state index contributed by atoms with van der Waals surface area (Å²) in [5.74, 6) is -1.01. The van der Waals surface area contributed by atoms with Gasteiger partial charge in [-0.05, 0) is 13.3 Å². The van der Waals surface area contributed by atoms with Crippen LogP contribution in [0.5, 0.6) is 5.75 Å². The lowest BCUT2D eigenvalue weighted by Gasteiger charge is -2.06. The van der Waals surface area contributed by atoms with Crippen molar-refractivity contribution >= 4 is 33.2 Å². The van der Waals surface area contributed by atoms with Crippen molar-refractivity contribution in [2.45, 2.75) is 13.3 Å². The first-order valence-corrected chi connectivity index (χ1v) is 5.79. The second-order valence-electron chi connectivity index (χ2n) is 3.63. The first-order chi connectivity index (χ1) is 7.49. The normalized spacial score (nSPS) is 10.9. The third kappa shape index (κ3) is 1.90. The van der Waals surface area contributed by atoms with E-state index in [1.807, 2.05) is 6.92 Å². The van der Waals surface area contributed by atoms with Crippen LogP contribution in [0.3, 0.4) is 0 Å². The molecule has 0 bridgehead atoms.